The maximum Gasteiger partial charge on any atom is 0.0426 e. The van der Waals surface area contributed by atoms with Gasteiger partial charge in [-0.05, 0) is 61.5 Å². The molecule has 1 aromatic heterocycles. The molecule has 0 aliphatic carbocycles. The van der Waals surface area contributed by atoms with Gasteiger partial charge in [-0.2, -0.15) is 0 Å². The van der Waals surface area contributed by atoms with Gasteiger partial charge in [0.15, 0.2) is 0 Å². The molecule has 0 N–H and O–H groups in total. The third-order valence-electron chi connectivity index (χ3n) is 5.82. The monoisotopic (exact) mass is 389 g/mol. The van der Waals surface area contributed by atoms with Gasteiger partial charge in [-0.3, -0.25) is 9.80 Å². The standard InChI is InChI=1S/C21H28ClN3S/c1-17-7-13-26-21(17)16-23-8-3-6-20(15-23)25-11-9-24(10-12-25)19-5-2-4-18(22)14-19/h2,4-5,7,13-14,20H,3,6,8-12,15-16H2,1H3/t20-/m1/s1. The number of piperazine rings is 1. The van der Waals surface area contributed by atoms with E-state index < -0.39 is 0 Å². The second-order valence-electron chi connectivity index (χ2n) is 7.56. The van der Waals surface area contributed by atoms with Crippen molar-refractivity contribution < 1.29 is 0 Å². The number of halogens is 1. The number of thiophene rings is 1. The minimum Gasteiger partial charge on any atom is -0.369 e. The summed E-state index contributed by atoms with van der Waals surface area (Å²) in [6, 6.07) is 11.2. The van der Waals surface area contributed by atoms with Gasteiger partial charge in [0.05, 0.1) is 0 Å². The molecule has 2 aliphatic rings. The minimum absolute atomic E-state index is 0.713. The van der Waals surface area contributed by atoms with E-state index in [9.17, 15) is 0 Å². The van der Waals surface area contributed by atoms with E-state index in [0.717, 1.165) is 37.7 Å². The number of aryl methyl sites for hydroxylation is 1. The molecule has 0 unspecified atom stereocenters. The summed E-state index contributed by atoms with van der Waals surface area (Å²) in [6.07, 6.45) is 2.67. The van der Waals surface area contributed by atoms with Gasteiger partial charge in [0.25, 0.3) is 0 Å². The Morgan fingerprint density at radius 1 is 1.12 bits per heavy atom. The highest BCUT2D eigenvalue weighted by Gasteiger charge is 2.28. The lowest BCUT2D eigenvalue weighted by atomic mass is 10.0. The van der Waals surface area contributed by atoms with E-state index in [-0.39, 0.29) is 0 Å². The van der Waals surface area contributed by atoms with Crippen LogP contribution in [0.5, 0.6) is 0 Å². The second-order valence-corrected chi connectivity index (χ2v) is 9.00. The molecule has 2 fully saturated rings. The van der Waals surface area contributed by atoms with Crippen LogP contribution in [0.4, 0.5) is 5.69 Å². The molecule has 0 bridgehead atoms. The molecule has 5 heteroatoms. The molecule has 4 rings (SSSR count). The molecule has 2 saturated heterocycles. The van der Waals surface area contributed by atoms with E-state index in [2.05, 4.69) is 51.3 Å². The third kappa shape index (κ3) is 4.25. The second kappa shape index (κ2) is 8.30. The van der Waals surface area contributed by atoms with Crippen LogP contribution in [0.3, 0.4) is 0 Å². The van der Waals surface area contributed by atoms with Crippen LogP contribution in [-0.4, -0.2) is 55.1 Å². The Morgan fingerprint density at radius 3 is 2.69 bits per heavy atom. The fourth-order valence-electron chi connectivity index (χ4n) is 4.26. The summed E-state index contributed by atoms with van der Waals surface area (Å²) in [6.45, 7) is 10.3. The highest BCUT2D eigenvalue weighted by molar-refractivity contribution is 7.10. The molecule has 0 amide bonds. The van der Waals surface area contributed by atoms with Crippen molar-refractivity contribution in [2.75, 3.05) is 44.2 Å². The van der Waals surface area contributed by atoms with Gasteiger partial charge >= 0.3 is 0 Å². The molecule has 3 heterocycles. The van der Waals surface area contributed by atoms with Gasteiger partial charge < -0.3 is 4.90 Å². The number of nitrogens with zero attached hydrogens (tertiary/aromatic N) is 3. The van der Waals surface area contributed by atoms with Crippen LogP contribution >= 0.6 is 22.9 Å². The summed E-state index contributed by atoms with van der Waals surface area (Å²) < 4.78 is 0. The lowest BCUT2D eigenvalue weighted by Crippen LogP contribution is -2.55. The van der Waals surface area contributed by atoms with Crippen molar-refractivity contribution in [1.82, 2.24) is 9.80 Å². The quantitative estimate of drug-likeness (QED) is 0.762. The molecule has 140 valence electrons. The molecule has 2 aliphatic heterocycles. The maximum atomic E-state index is 6.16. The van der Waals surface area contributed by atoms with Crippen LogP contribution in [0.2, 0.25) is 5.02 Å². The SMILES string of the molecule is Cc1ccsc1CN1CCC[C@@H](N2CCN(c3cccc(Cl)c3)CC2)C1. The number of rotatable bonds is 4. The molecule has 0 saturated carbocycles. The Balaban J connectivity index is 1.32. The van der Waals surface area contributed by atoms with Crippen LogP contribution in [0, 0.1) is 6.92 Å². The van der Waals surface area contributed by atoms with E-state index >= 15 is 0 Å². The van der Waals surface area contributed by atoms with Crippen LogP contribution in [0.25, 0.3) is 0 Å². The number of anilines is 1. The fourth-order valence-corrected chi connectivity index (χ4v) is 5.39. The predicted octanol–water partition coefficient (Wildman–Crippen LogP) is 4.50. The van der Waals surface area contributed by atoms with Crippen molar-refractivity contribution >= 4 is 28.6 Å². The molecule has 3 nitrogen and oxygen atoms in total. The Bertz CT molecular complexity index is 724. The van der Waals surface area contributed by atoms with Gasteiger partial charge in [0, 0.05) is 60.9 Å². The lowest BCUT2D eigenvalue weighted by Gasteiger charge is -2.44. The van der Waals surface area contributed by atoms with Crippen LogP contribution in [0.1, 0.15) is 23.3 Å². The minimum atomic E-state index is 0.713. The van der Waals surface area contributed by atoms with Crippen molar-refractivity contribution in [2.45, 2.75) is 32.4 Å². The van der Waals surface area contributed by atoms with E-state index in [1.165, 1.54) is 42.1 Å². The highest BCUT2D eigenvalue weighted by Crippen LogP contribution is 2.25. The normalized spacial score (nSPS) is 22.7. The Kier molecular flexibility index (Phi) is 5.84. The lowest BCUT2D eigenvalue weighted by molar-refractivity contribution is 0.0892. The van der Waals surface area contributed by atoms with Crippen molar-refractivity contribution in [2.24, 2.45) is 0 Å². The van der Waals surface area contributed by atoms with E-state index in [4.69, 9.17) is 11.6 Å². The average Bonchev–Trinajstić information content (AvgIpc) is 3.07. The summed E-state index contributed by atoms with van der Waals surface area (Å²) in [5, 5.41) is 3.05. The highest BCUT2D eigenvalue weighted by atomic mass is 35.5. The number of benzene rings is 1. The molecule has 2 aromatic rings. The summed E-state index contributed by atoms with van der Waals surface area (Å²) in [5.74, 6) is 0. The van der Waals surface area contributed by atoms with E-state index in [1.54, 1.807) is 0 Å². The first-order valence-electron chi connectivity index (χ1n) is 9.69. The van der Waals surface area contributed by atoms with Crippen LogP contribution in [-0.2, 0) is 6.54 Å². The van der Waals surface area contributed by atoms with Crippen molar-refractivity contribution in [1.29, 1.82) is 0 Å². The number of likely N-dealkylation sites (tertiary alicyclic amines) is 1. The first kappa shape index (κ1) is 18.3. The number of hydrogen-bond acceptors (Lipinski definition) is 4. The average molecular weight is 390 g/mol. The maximum absolute atomic E-state index is 6.16. The molecule has 0 spiro atoms. The molecule has 0 radical (unpaired) electrons. The van der Waals surface area contributed by atoms with E-state index in [1.807, 2.05) is 17.4 Å². The van der Waals surface area contributed by atoms with E-state index in [0.29, 0.717) is 6.04 Å². The fraction of sp³-hybridized carbons (Fsp3) is 0.524. The summed E-state index contributed by atoms with van der Waals surface area (Å²) in [5.41, 5.74) is 2.71. The van der Waals surface area contributed by atoms with Crippen molar-refractivity contribution in [3.63, 3.8) is 0 Å². The first-order valence-corrected chi connectivity index (χ1v) is 10.9. The number of hydrogen-bond donors (Lipinski definition) is 0. The van der Waals surface area contributed by atoms with Gasteiger partial charge in [-0.25, -0.2) is 0 Å². The summed E-state index contributed by atoms with van der Waals surface area (Å²) >= 11 is 8.06. The smallest absolute Gasteiger partial charge is 0.0426 e. The van der Waals surface area contributed by atoms with Gasteiger partial charge in [-0.15, -0.1) is 11.3 Å². The third-order valence-corrected chi connectivity index (χ3v) is 7.06. The van der Waals surface area contributed by atoms with Crippen molar-refractivity contribution in [3.05, 3.63) is 51.2 Å². The molecular weight excluding hydrogens is 362 g/mol. The molecule has 1 atom stereocenters. The molecule has 26 heavy (non-hydrogen) atoms. The molecule has 1 aromatic carbocycles. The Hall–Kier alpha value is -1.07. The van der Waals surface area contributed by atoms with Crippen LogP contribution < -0.4 is 4.90 Å². The van der Waals surface area contributed by atoms with Gasteiger partial charge in [-0.1, -0.05) is 17.7 Å². The van der Waals surface area contributed by atoms with Gasteiger partial charge in [0.2, 0.25) is 0 Å². The zero-order valence-electron chi connectivity index (χ0n) is 15.5. The van der Waals surface area contributed by atoms with Crippen molar-refractivity contribution in [3.8, 4) is 0 Å². The largest absolute Gasteiger partial charge is 0.369 e. The Morgan fingerprint density at radius 2 is 1.96 bits per heavy atom. The predicted molar refractivity (Wildman–Crippen MR) is 113 cm³/mol. The zero-order chi connectivity index (χ0) is 17.9. The van der Waals surface area contributed by atoms with Gasteiger partial charge in [0.1, 0.15) is 0 Å². The Labute approximate surface area is 166 Å². The van der Waals surface area contributed by atoms with Crippen LogP contribution in [0.15, 0.2) is 35.7 Å². The first-order chi connectivity index (χ1) is 12.7. The summed E-state index contributed by atoms with van der Waals surface area (Å²) in [4.78, 5) is 9.39. The molecular formula is C21H28ClN3S. The number of piperidine rings is 1. The zero-order valence-corrected chi connectivity index (χ0v) is 17.1. The topological polar surface area (TPSA) is 9.72 Å². The summed E-state index contributed by atoms with van der Waals surface area (Å²) in [7, 11) is 0.